The third kappa shape index (κ3) is 5.89. The highest BCUT2D eigenvalue weighted by atomic mass is 16.5. The van der Waals surface area contributed by atoms with Gasteiger partial charge in [-0.1, -0.05) is 41.9 Å². The molecule has 1 unspecified atom stereocenters. The van der Waals surface area contributed by atoms with Crippen LogP contribution in [0.3, 0.4) is 0 Å². The van der Waals surface area contributed by atoms with Gasteiger partial charge in [0.05, 0.1) is 12.5 Å². The van der Waals surface area contributed by atoms with Crippen molar-refractivity contribution >= 4 is 5.91 Å². The molecule has 2 aromatic rings. The zero-order valence-corrected chi connectivity index (χ0v) is 17.8. The van der Waals surface area contributed by atoms with Gasteiger partial charge in [-0.05, 0) is 58.3 Å². The normalized spacial score (nSPS) is 20.9. The molecule has 30 heavy (non-hydrogen) atoms. The smallest absolute Gasteiger partial charge is 0.241 e. The van der Waals surface area contributed by atoms with Crippen molar-refractivity contribution in [3.8, 4) is 11.4 Å². The fraction of sp³-hybridized carbons (Fsp3) is 0.609. The van der Waals surface area contributed by atoms with Crippen LogP contribution in [0.4, 0.5) is 0 Å². The number of carbonyl (C=O) groups is 1. The van der Waals surface area contributed by atoms with Crippen LogP contribution in [0.15, 0.2) is 34.9 Å². The summed E-state index contributed by atoms with van der Waals surface area (Å²) in [7, 11) is 0. The summed E-state index contributed by atoms with van der Waals surface area (Å²) in [4.78, 5) is 21.9. The van der Waals surface area contributed by atoms with Crippen LogP contribution in [0, 0.1) is 5.92 Å². The summed E-state index contributed by atoms with van der Waals surface area (Å²) in [6, 6.07) is 9.84. The van der Waals surface area contributed by atoms with E-state index in [0.29, 0.717) is 18.3 Å². The Hall–Kier alpha value is -2.25. The Labute approximate surface area is 178 Å². The maximum Gasteiger partial charge on any atom is 0.241 e. The fourth-order valence-electron chi connectivity index (χ4n) is 4.47. The molecule has 2 aliphatic rings. The SMILES string of the molecule is O=C(NCCCN1CCCCC1)C1CCCN(Cc2nc(-c3ccccc3)no2)C1. The van der Waals surface area contributed by atoms with Crippen molar-refractivity contribution in [2.24, 2.45) is 5.92 Å². The van der Waals surface area contributed by atoms with Crippen LogP contribution >= 0.6 is 0 Å². The van der Waals surface area contributed by atoms with Crippen LogP contribution < -0.4 is 5.32 Å². The summed E-state index contributed by atoms with van der Waals surface area (Å²) in [6.45, 7) is 6.61. The first-order chi connectivity index (χ1) is 14.8. The topological polar surface area (TPSA) is 74.5 Å². The van der Waals surface area contributed by atoms with Crippen molar-refractivity contribution in [3.05, 3.63) is 36.2 Å². The zero-order valence-electron chi connectivity index (χ0n) is 17.8. The first kappa shape index (κ1) is 21.0. The van der Waals surface area contributed by atoms with Crippen LogP contribution in [0.5, 0.6) is 0 Å². The lowest BCUT2D eigenvalue weighted by atomic mass is 9.97. The Morgan fingerprint density at radius 3 is 2.70 bits per heavy atom. The lowest BCUT2D eigenvalue weighted by Crippen LogP contribution is -2.43. The molecular formula is C23H33N5O2. The molecule has 0 radical (unpaired) electrons. The summed E-state index contributed by atoms with van der Waals surface area (Å²) >= 11 is 0. The molecule has 1 atom stereocenters. The van der Waals surface area contributed by atoms with E-state index in [9.17, 15) is 4.79 Å². The number of nitrogens with zero attached hydrogens (tertiary/aromatic N) is 4. The number of rotatable bonds is 8. The molecule has 0 bridgehead atoms. The number of likely N-dealkylation sites (tertiary alicyclic amines) is 2. The highest BCUT2D eigenvalue weighted by Gasteiger charge is 2.26. The maximum absolute atomic E-state index is 12.6. The number of amides is 1. The summed E-state index contributed by atoms with van der Waals surface area (Å²) in [5.41, 5.74) is 0.952. The van der Waals surface area contributed by atoms with Crippen molar-refractivity contribution < 1.29 is 9.32 Å². The number of benzene rings is 1. The highest BCUT2D eigenvalue weighted by molar-refractivity contribution is 5.78. The summed E-state index contributed by atoms with van der Waals surface area (Å²) in [5, 5.41) is 7.26. The Balaban J connectivity index is 1.20. The molecule has 2 aliphatic heterocycles. The quantitative estimate of drug-likeness (QED) is 0.673. The number of hydrogen-bond acceptors (Lipinski definition) is 6. The molecule has 2 fully saturated rings. The second-order valence-corrected chi connectivity index (χ2v) is 8.50. The van der Waals surface area contributed by atoms with Gasteiger partial charge in [-0.15, -0.1) is 0 Å². The number of piperidine rings is 2. The molecule has 4 rings (SSSR count). The van der Waals surface area contributed by atoms with Crippen LogP contribution in [0.2, 0.25) is 0 Å². The fourth-order valence-corrected chi connectivity index (χ4v) is 4.47. The molecule has 162 valence electrons. The number of carbonyl (C=O) groups excluding carboxylic acids is 1. The largest absolute Gasteiger partial charge is 0.356 e. The van der Waals surface area contributed by atoms with Gasteiger partial charge < -0.3 is 14.7 Å². The third-order valence-corrected chi connectivity index (χ3v) is 6.13. The van der Waals surface area contributed by atoms with Crippen molar-refractivity contribution in [2.75, 3.05) is 39.3 Å². The molecule has 0 aliphatic carbocycles. The molecule has 1 N–H and O–H groups in total. The van der Waals surface area contributed by atoms with Crippen LogP contribution in [-0.2, 0) is 11.3 Å². The van der Waals surface area contributed by atoms with Gasteiger partial charge in [-0.25, -0.2) is 0 Å². The van der Waals surface area contributed by atoms with Gasteiger partial charge in [-0.3, -0.25) is 9.69 Å². The van der Waals surface area contributed by atoms with E-state index in [1.165, 1.54) is 32.4 Å². The molecule has 7 nitrogen and oxygen atoms in total. The van der Waals surface area contributed by atoms with E-state index in [-0.39, 0.29) is 11.8 Å². The molecule has 1 aromatic carbocycles. The van der Waals surface area contributed by atoms with Gasteiger partial charge in [0.25, 0.3) is 0 Å². The minimum atomic E-state index is 0.0465. The number of nitrogens with one attached hydrogen (secondary N) is 1. The highest BCUT2D eigenvalue weighted by Crippen LogP contribution is 2.20. The molecule has 3 heterocycles. The van der Waals surface area contributed by atoms with Crippen molar-refractivity contribution in [1.29, 1.82) is 0 Å². The minimum Gasteiger partial charge on any atom is -0.356 e. The van der Waals surface area contributed by atoms with Crippen molar-refractivity contribution in [1.82, 2.24) is 25.3 Å². The monoisotopic (exact) mass is 411 g/mol. The van der Waals surface area contributed by atoms with Gasteiger partial charge in [0, 0.05) is 18.7 Å². The number of hydrogen-bond donors (Lipinski definition) is 1. The van der Waals surface area contributed by atoms with Crippen molar-refractivity contribution in [2.45, 2.75) is 45.1 Å². The zero-order chi connectivity index (χ0) is 20.6. The number of aromatic nitrogens is 2. The van der Waals surface area contributed by atoms with Crippen LogP contribution in [0.1, 0.15) is 44.4 Å². The summed E-state index contributed by atoms with van der Waals surface area (Å²) in [5.74, 6) is 1.46. The van der Waals surface area contributed by atoms with Gasteiger partial charge in [0.2, 0.25) is 17.6 Å². The van der Waals surface area contributed by atoms with E-state index in [2.05, 4.69) is 25.3 Å². The van der Waals surface area contributed by atoms with E-state index in [0.717, 1.165) is 51.0 Å². The van der Waals surface area contributed by atoms with Crippen molar-refractivity contribution in [3.63, 3.8) is 0 Å². The average Bonchev–Trinajstić information content (AvgIpc) is 3.26. The van der Waals surface area contributed by atoms with E-state index in [1.54, 1.807) is 0 Å². The third-order valence-electron chi connectivity index (χ3n) is 6.13. The Bertz CT molecular complexity index is 788. The molecule has 7 heteroatoms. The van der Waals surface area contributed by atoms with Crippen LogP contribution in [0.25, 0.3) is 11.4 Å². The Morgan fingerprint density at radius 1 is 1.07 bits per heavy atom. The molecule has 1 aromatic heterocycles. The predicted molar refractivity (Wildman–Crippen MR) is 116 cm³/mol. The van der Waals surface area contributed by atoms with E-state index in [4.69, 9.17) is 4.52 Å². The second kappa shape index (κ2) is 10.7. The molecule has 0 spiro atoms. The Kier molecular flexibility index (Phi) is 7.48. The van der Waals surface area contributed by atoms with E-state index >= 15 is 0 Å². The summed E-state index contributed by atoms with van der Waals surface area (Å²) < 4.78 is 5.45. The standard InChI is InChI=1S/C23H33N5O2/c29-23(24-12-8-16-27-13-5-2-6-14-27)20-11-7-15-28(17-20)18-21-25-22(26-30-21)19-9-3-1-4-10-19/h1,3-4,9-10,20H,2,5-8,11-18H2,(H,24,29). The minimum absolute atomic E-state index is 0.0465. The lowest BCUT2D eigenvalue weighted by Gasteiger charge is -2.31. The predicted octanol–water partition coefficient (Wildman–Crippen LogP) is 2.94. The first-order valence-electron chi connectivity index (χ1n) is 11.4. The van der Waals surface area contributed by atoms with Gasteiger partial charge >= 0.3 is 0 Å². The molecule has 2 saturated heterocycles. The lowest BCUT2D eigenvalue weighted by molar-refractivity contribution is -0.126. The van der Waals surface area contributed by atoms with Gasteiger partial charge in [0.15, 0.2) is 0 Å². The maximum atomic E-state index is 12.6. The first-order valence-corrected chi connectivity index (χ1v) is 11.4. The van der Waals surface area contributed by atoms with Crippen LogP contribution in [-0.4, -0.2) is 65.1 Å². The Morgan fingerprint density at radius 2 is 1.87 bits per heavy atom. The molecule has 1 amide bonds. The average molecular weight is 412 g/mol. The molecular weight excluding hydrogens is 378 g/mol. The second-order valence-electron chi connectivity index (χ2n) is 8.50. The van der Waals surface area contributed by atoms with E-state index < -0.39 is 0 Å². The van der Waals surface area contributed by atoms with Gasteiger partial charge in [-0.2, -0.15) is 4.98 Å². The molecule has 0 saturated carbocycles. The van der Waals surface area contributed by atoms with E-state index in [1.807, 2.05) is 30.3 Å². The summed E-state index contributed by atoms with van der Waals surface area (Å²) in [6.07, 6.45) is 7.00. The van der Waals surface area contributed by atoms with Gasteiger partial charge in [0.1, 0.15) is 0 Å².